The van der Waals surface area contributed by atoms with E-state index < -0.39 is 0 Å². The second-order valence-electron chi connectivity index (χ2n) is 6.71. The summed E-state index contributed by atoms with van der Waals surface area (Å²) in [6.45, 7) is 5.36. The van der Waals surface area contributed by atoms with E-state index in [1.54, 1.807) is 7.11 Å². The largest absolute Gasteiger partial charge is 0.493 e. The average molecular weight is 527 g/mol. The Hall–Kier alpha value is -1.84. The van der Waals surface area contributed by atoms with Gasteiger partial charge in [-0.1, -0.05) is 42.5 Å². The Morgan fingerprint density at radius 2 is 1.87 bits per heavy atom. The number of halogens is 1. The minimum Gasteiger partial charge on any atom is -0.493 e. The van der Waals surface area contributed by atoms with Crippen LogP contribution in [0.4, 0.5) is 0 Å². The molecule has 0 bridgehead atoms. The van der Waals surface area contributed by atoms with Gasteiger partial charge in [0.2, 0.25) is 0 Å². The molecule has 0 radical (unpaired) electrons. The Bertz CT molecular complexity index is 729. The molecule has 2 aromatic carbocycles. The molecule has 0 saturated heterocycles. The lowest BCUT2D eigenvalue weighted by Gasteiger charge is -2.18. The first-order chi connectivity index (χ1) is 14.3. The molecule has 6 nitrogen and oxygen atoms in total. The Morgan fingerprint density at radius 3 is 2.57 bits per heavy atom. The van der Waals surface area contributed by atoms with Gasteiger partial charge in [-0.15, -0.1) is 24.0 Å². The molecule has 0 aliphatic carbocycles. The number of hydrogen-bond donors (Lipinski definition) is 3. The Balaban J connectivity index is 0.00000450. The lowest BCUT2D eigenvalue weighted by Crippen LogP contribution is -2.39. The van der Waals surface area contributed by atoms with Gasteiger partial charge in [0.15, 0.2) is 5.96 Å². The summed E-state index contributed by atoms with van der Waals surface area (Å²) in [6.07, 6.45) is 0.862. The van der Waals surface area contributed by atoms with Crippen LogP contribution < -0.4 is 15.4 Å². The molecule has 0 aromatic heterocycles. The van der Waals surface area contributed by atoms with Crippen molar-refractivity contribution in [3.05, 3.63) is 65.7 Å². The van der Waals surface area contributed by atoms with E-state index in [-0.39, 0.29) is 36.5 Å². The van der Waals surface area contributed by atoms with Crippen molar-refractivity contribution in [1.29, 1.82) is 0 Å². The van der Waals surface area contributed by atoms with Gasteiger partial charge >= 0.3 is 0 Å². The Morgan fingerprint density at radius 1 is 1.07 bits per heavy atom. The molecule has 1 unspecified atom stereocenters. The highest BCUT2D eigenvalue weighted by molar-refractivity contribution is 14.0. The van der Waals surface area contributed by atoms with Crippen molar-refractivity contribution >= 4 is 29.9 Å². The zero-order valence-electron chi connectivity index (χ0n) is 17.8. The fourth-order valence-electron chi connectivity index (χ4n) is 2.87. The van der Waals surface area contributed by atoms with Crippen LogP contribution in [0.5, 0.6) is 5.75 Å². The predicted octanol–water partition coefficient (Wildman–Crippen LogP) is 3.55. The molecule has 0 saturated carbocycles. The van der Waals surface area contributed by atoms with E-state index in [0.29, 0.717) is 26.3 Å². The van der Waals surface area contributed by atoms with Crippen LogP contribution in [0, 0.1) is 0 Å². The number of benzene rings is 2. The van der Waals surface area contributed by atoms with Crippen molar-refractivity contribution in [3.8, 4) is 5.75 Å². The van der Waals surface area contributed by atoms with Crippen molar-refractivity contribution in [2.75, 3.05) is 40.0 Å². The minimum absolute atomic E-state index is 0. The maximum atomic E-state index is 9.74. The van der Waals surface area contributed by atoms with Crippen LogP contribution in [0.25, 0.3) is 0 Å². The maximum absolute atomic E-state index is 9.74. The number of guanidine groups is 1. The van der Waals surface area contributed by atoms with Crippen LogP contribution in [-0.4, -0.2) is 51.1 Å². The van der Waals surface area contributed by atoms with E-state index >= 15 is 0 Å². The summed E-state index contributed by atoms with van der Waals surface area (Å²) in [6, 6.07) is 18.0. The number of aliphatic hydroxyl groups excluding tert-OH is 1. The molecule has 0 heterocycles. The second-order valence-corrected chi connectivity index (χ2v) is 6.71. The lowest BCUT2D eigenvalue weighted by molar-refractivity contribution is 0.172. The third kappa shape index (κ3) is 9.77. The van der Waals surface area contributed by atoms with Gasteiger partial charge in [-0.3, -0.25) is 0 Å². The molecule has 0 aliphatic rings. The monoisotopic (exact) mass is 527 g/mol. The van der Waals surface area contributed by atoms with Crippen molar-refractivity contribution < 1.29 is 14.6 Å². The van der Waals surface area contributed by atoms with Gasteiger partial charge < -0.3 is 25.2 Å². The van der Waals surface area contributed by atoms with Crippen LogP contribution in [0.1, 0.15) is 30.4 Å². The van der Waals surface area contributed by atoms with Crippen molar-refractivity contribution in [1.82, 2.24) is 10.6 Å². The summed E-state index contributed by atoms with van der Waals surface area (Å²) in [4.78, 5) is 4.67. The van der Waals surface area contributed by atoms with Gasteiger partial charge in [0, 0.05) is 39.1 Å². The molecular formula is C23H34IN3O3. The fraction of sp³-hybridized carbons (Fsp3) is 0.435. The van der Waals surface area contributed by atoms with Crippen molar-refractivity contribution in [2.45, 2.75) is 25.8 Å². The zero-order valence-corrected chi connectivity index (χ0v) is 20.2. The summed E-state index contributed by atoms with van der Waals surface area (Å²) in [7, 11) is 1.69. The number of nitrogens with one attached hydrogen (secondary N) is 2. The topological polar surface area (TPSA) is 75.1 Å². The molecule has 0 amide bonds. The number of aliphatic hydroxyl groups is 1. The molecule has 3 N–H and O–H groups in total. The SMILES string of the molecule is CCNC(=NCc1cccc(OCCCOC)c1)NCC(CO)c1ccccc1.I. The van der Waals surface area contributed by atoms with Gasteiger partial charge in [0.05, 0.1) is 19.8 Å². The number of rotatable bonds is 12. The van der Waals surface area contributed by atoms with Crippen LogP contribution in [0.2, 0.25) is 0 Å². The number of ether oxygens (including phenoxy) is 2. The molecule has 2 rings (SSSR count). The van der Waals surface area contributed by atoms with Gasteiger partial charge in [-0.05, 0) is 30.2 Å². The standard InChI is InChI=1S/C23H33N3O3.HI/c1-3-24-23(26-17-21(18-27)20-10-5-4-6-11-20)25-16-19-9-7-12-22(15-19)29-14-8-13-28-2;/h4-7,9-12,15,21,27H,3,8,13-14,16-18H2,1-2H3,(H2,24,25,26);1H. The van der Waals surface area contributed by atoms with Crippen LogP contribution in [0.15, 0.2) is 59.6 Å². The van der Waals surface area contributed by atoms with E-state index in [2.05, 4.69) is 15.6 Å². The molecular weight excluding hydrogens is 493 g/mol. The molecule has 1 atom stereocenters. The van der Waals surface area contributed by atoms with Gasteiger partial charge in [0.1, 0.15) is 5.75 Å². The first-order valence-electron chi connectivity index (χ1n) is 10.2. The normalized spacial score (nSPS) is 12.0. The molecule has 7 heteroatoms. The number of methoxy groups -OCH3 is 1. The average Bonchev–Trinajstić information content (AvgIpc) is 2.76. The van der Waals surface area contributed by atoms with Gasteiger partial charge in [-0.25, -0.2) is 4.99 Å². The molecule has 0 aliphatic heterocycles. The van der Waals surface area contributed by atoms with Crippen LogP contribution >= 0.6 is 24.0 Å². The second kappa shape index (κ2) is 15.9. The number of hydrogen-bond acceptors (Lipinski definition) is 4. The lowest BCUT2D eigenvalue weighted by atomic mass is 10.0. The van der Waals surface area contributed by atoms with E-state index in [9.17, 15) is 5.11 Å². The third-order valence-corrected chi connectivity index (χ3v) is 4.43. The number of nitrogens with zero attached hydrogens (tertiary/aromatic N) is 1. The third-order valence-electron chi connectivity index (χ3n) is 4.43. The van der Waals surface area contributed by atoms with Gasteiger partial charge in [0.25, 0.3) is 0 Å². The maximum Gasteiger partial charge on any atom is 0.191 e. The van der Waals surface area contributed by atoms with E-state index in [1.807, 2.05) is 61.5 Å². The van der Waals surface area contributed by atoms with Crippen molar-refractivity contribution in [3.63, 3.8) is 0 Å². The van der Waals surface area contributed by atoms with E-state index in [1.165, 1.54) is 0 Å². The van der Waals surface area contributed by atoms with Crippen LogP contribution in [0.3, 0.4) is 0 Å². The first kappa shape index (κ1) is 26.2. The summed E-state index contributed by atoms with van der Waals surface area (Å²) < 4.78 is 10.8. The van der Waals surface area contributed by atoms with Crippen molar-refractivity contribution in [2.24, 2.45) is 4.99 Å². The molecule has 2 aromatic rings. The van der Waals surface area contributed by atoms with Gasteiger partial charge in [-0.2, -0.15) is 0 Å². The van der Waals surface area contributed by atoms with E-state index in [4.69, 9.17) is 9.47 Å². The molecule has 30 heavy (non-hydrogen) atoms. The Kier molecular flexibility index (Phi) is 13.9. The number of aliphatic imine (C=N–C) groups is 1. The zero-order chi connectivity index (χ0) is 20.7. The highest BCUT2D eigenvalue weighted by Gasteiger charge is 2.10. The smallest absolute Gasteiger partial charge is 0.191 e. The molecule has 0 spiro atoms. The summed E-state index contributed by atoms with van der Waals surface area (Å²) in [5.41, 5.74) is 2.19. The predicted molar refractivity (Wildman–Crippen MR) is 133 cm³/mol. The van der Waals surface area contributed by atoms with E-state index in [0.717, 1.165) is 35.8 Å². The minimum atomic E-state index is 0. The molecule has 0 fully saturated rings. The quantitative estimate of drug-likeness (QED) is 0.171. The summed E-state index contributed by atoms with van der Waals surface area (Å²) in [5.74, 6) is 1.59. The van der Waals surface area contributed by atoms with Crippen LogP contribution in [-0.2, 0) is 11.3 Å². The summed E-state index contributed by atoms with van der Waals surface area (Å²) in [5, 5.41) is 16.3. The first-order valence-corrected chi connectivity index (χ1v) is 10.2. The molecule has 166 valence electrons. The Labute approximate surface area is 197 Å². The highest BCUT2D eigenvalue weighted by atomic mass is 127. The fourth-order valence-corrected chi connectivity index (χ4v) is 2.87. The summed E-state index contributed by atoms with van der Waals surface area (Å²) >= 11 is 0. The highest BCUT2D eigenvalue weighted by Crippen LogP contribution is 2.15.